The summed E-state index contributed by atoms with van der Waals surface area (Å²) >= 11 is 5.99. The third-order valence-corrected chi connectivity index (χ3v) is 3.60. The summed E-state index contributed by atoms with van der Waals surface area (Å²) in [5.74, 6) is -1.02. The zero-order valence-electron chi connectivity index (χ0n) is 13.7. The largest absolute Gasteiger partial charge is 0.495 e. The van der Waals surface area contributed by atoms with Crippen molar-refractivity contribution in [2.75, 3.05) is 13.7 Å². The molecule has 2 aromatic carbocycles. The smallest absolute Gasteiger partial charge is 0.329 e. The van der Waals surface area contributed by atoms with Gasteiger partial charge < -0.3 is 10.1 Å². The van der Waals surface area contributed by atoms with Crippen LogP contribution < -0.4 is 15.5 Å². The van der Waals surface area contributed by atoms with Gasteiger partial charge in [0.2, 0.25) is 0 Å². The lowest BCUT2D eigenvalue weighted by Crippen LogP contribution is -2.38. The van der Waals surface area contributed by atoms with E-state index in [1.165, 1.54) is 13.3 Å². The molecule has 0 radical (unpaired) electrons. The van der Waals surface area contributed by atoms with Crippen LogP contribution in [0, 0.1) is 0 Å². The van der Waals surface area contributed by atoms with Crippen molar-refractivity contribution in [2.24, 2.45) is 5.10 Å². The van der Waals surface area contributed by atoms with Crippen molar-refractivity contribution in [3.05, 3.63) is 64.7 Å². The van der Waals surface area contributed by atoms with E-state index in [2.05, 4.69) is 15.8 Å². The van der Waals surface area contributed by atoms with E-state index < -0.39 is 11.8 Å². The molecule has 0 saturated heterocycles. The van der Waals surface area contributed by atoms with Gasteiger partial charge >= 0.3 is 11.8 Å². The molecule has 130 valence electrons. The molecule has 2 aromatic rings. The Kier molecular flexibility index (Phi) is 6.98. The Hall–Kier alpha value is -2.86. The Bertz CT molecular complexity index is 763. The zero-order valence-corrected chi connectivity index (χ0v) is 14.4. The first-order valence-electron chi connectivity index (χ1n) is 7.59. The number of amides is 2. The summed E-state index contributed by atoms with van der Waals surface area (Å²) in [5, 5.41) is 6.71. The van der Waals surface area contributed by atoms with Crippen molar-refractivity contribution < 1.29 is 14.3 Å². The van der Waals surface area contributed by atoms with Crippen molar-refractivity contribution in [1.29, 1.82) is 0 Å². The van der Waals surface area contributed by atoms with Gasteiger partial charge in [-0.2, -0.15) is 5.10 Å². The number of methoxy groups -OCH3 is 1. The van der Waals surface area contributed by atoms with Crippen molar-refractivity contribution in [3.8, 4) is 5.75 Å². The number of carbonyl (C=O) groups excluding carboxylic acids is 2. The first kappa shape index (κ1) is 18.5. The van der Waals surface area contributed by atoms with Crippen LogP contribution in [-0.2, 0) is 16.0 Å². The summed E-state index contributed by atoms with van der Waals surface area (Å²) in [6, 6.07) is 14.7. The number of ether oxygens (including phenoxy) is 1. The Balaban J connectivity index is 1.77. The number of halogens is 1. The van der Waals surface area contributed by atoms with E-state index in [1.54, 1.807) is 18.2 Å². The molecule has 0 unspecified atom stereocenters. The van der Waals surface area contributed by atoms with Gasteiger partial charge in [0.15, 0.2) is 0 Å². The van der Waals surface area contributed by atoms with Crippen molar-refractivity contribution in [1.82, 2.24) is 10.7 Å². The minimum Gasteiger partial charge on any atom is -0.495 e. The average molecular weight is 360 g/mol. The lowest BCUT2D eigenvalue weighted by molar-refractivity contribution is -0.139. The predicted octanol–water partition coefficient (Wildman–Crippen LogP) is 2.16. The fraction of sp³-hybridized carbons (Fsp3) is 0.167. The second kappa shape index (κ2) is 9.44. The number of hydrogen-bond acceptors (Lipinski definition) is 4. The Morgan fingerprint density at radius 2 is 1.92 bits per heavy atom. The number of carbonyl (C=O) groups is 2. The Morgan fingerprint density at radius 3 is 2.60 bits per heavy atom. The van der Waals surface area contributed by atoms with Gasteiger partial charge in [-0.25, -0.2) is 5.43 Å². The molecule has 0 aliphatic rings. The molecule has 0 aliphatic heterocycles. The number of nitrogens with one attached hydrogen (secondary N) is 2. The highest BCUT2D eigenvalue weighted by atomic mass is 35.5. The summed E-state index contributed by atoms with van der Waals surface area (Å²) in [7, 11) is 1.52. The molecule has 2 N–H and O–H groups in total. The summed E-state index contributed by atoms with van der Waals surface area (Å²) in [6.45, 7) is 0.369. The molecule has 25 heavy (non-hydrogen) atoms. The quantitative estimate of drug-likeness (QED) is 0.471. The third-order valence-electron chi connectivity index (χ3n) is 3.30. The van der Waals surface area contributed by atoms with E-state index in [0.29, 0.717) is 29.3 Å². The number of hydrazone groups is 1. The summed E-state index contributed by atoms with van der Waals surface area (Å²) in [6.07, 6.45) is 2.04. The number of hydrogen-bond donors (Lipinski definition) is 2. The number of nitrogens with zero attached hydrogens (tertiary/aromatic N) is 1. The van der Waals surface area contributed by atoms with Gasteiger partial charge in [0.05, 0.1) is 18.3 Å². The first-order chi connectivity index (χ1) is 12.1. The predicted molar refractivity (Wildman–Crippen MR) is 96.9 cm³/mol. The van der Waals surface area contributed by atoms with E-state index in [9.17, 15) is 9.59 Å². The monoisotopic (exact) mass is 359 g/mol. The van der Waals surface area contributed by atoms with Gasteiger partial charge in [-0.3, -0.25) is 9.59 Å². The van der Waals surface area contributed by atoms with Crippen LogP contribution in [0.15, 0.2) is 53.6 Å². The van der Waals surface area contributed by atoms with Crippen LogP contribution in [0.5, 0.6) is 5.75 Å². The van der Waals surface area contributed by atoms with Gasteiger partial charge in [0, 0.05) is 6.54 Å². The normalized spacial score (nSPS) is 10.5. The molecular weight excluding hydrogens is 342 g/mol. The van der Waals surface area contributed by atoms with E-state index in [-0.39, 0.29) is 0 Å². The fourth-order valence-corrected chi connectivity index (χ4v) is 2.29. The molecule has 0 heterocycles. The SMILES string of the molecule is COc1ccc(/C=N\NC(=O)C(=O)NCCc2ccccc2)cc1Cl. The first-order valence-corrected chi connectivity index (χ1v) is 7.96. The highest BCUT2D eigenvalue weighted by Crippen LogP contribution is 2.24. The summed E-state index contributed by atoms with van der Waals surface area (Å²) < 4.78 is 5.04. The maximum absolute atomic E-state index is 11.7. The zero-order chi connectivity index (χ0) is 18.1. The van der Waals surface area contributed by atoms with Crippen molar-refractivity contribution in [2.45, 2.75) is 6.42 Å². The minimum absolute atomic E-state index is 0.369. The molecule has 0 atom stereocenters. The van der Waals surface area contributed by atoms with Gasteiger partial charge in [0.25, 0.3) is 0 Å². The molecule has 2 amide bonds. The highest BCUT2D eigenvalue weighted by molar-refractivity contribution is 6.35. The minimum atomic E-state index is -0.830. The molecule has 0 aromatic heterocycles. The summed E-state index contributed by atoms with van der Waals surface area (Å²) in [5.41, 5.74) is 3.92. The molecule has 6 nitrogen and oxygen atoms in total. The molecule has 2 rings (SSSR count). The van der Waals surface area contributed by atoms with Gasteiger partial charge in [-0.1, -0.05) is 41.9 Å². The number of benzene rings is 2. The highest BCUT2D eigenvalue weighted by Gasteiger charge is 2.11. The third kappa shape index (κ3) is 5.93. The van der Waals surface area contributed by atoms with E-state index in [4.69, 9.17) is 16.3 Å². The van der Waals surface area contributed by atoms with E-state index in [1.807, 2.05) is 30.3 Å². The topological polar surface area (TPSA) is 79.8 Å². The van der Waals surface area contributed by atoms with Crippen LogP contribution in [0.1, 0.15) is 11.1 Å². The van der Waals surface area contributed by atoms with Crippen molar-refractivity contribution in [3.63, 3.8) is 0 Å². The van der Waals surface area contributed by atoms with Crippen LogP contribution in [0.2, 0.25) is 5.02 Å². The van der Waals surface area contributed by atoms with Gasteiger partial charge in [0.1, 0.15) is 5.75 Å². The van der Waals surface area contributed by atoms with Crippen molar-refractivity contribution >= 4 is 29.6 Å². The van der Waals surface area contributed by atoms with Crippen LogP contribution >= 0.6 is 11.6 Å². The lowest BCUT2D eigenvalue weighted by Gasteiger charge is -2.04. The maximum atomic E-state index is 11.7. The van der Waals surface area contributed by atoms with Crippen LogP contribution in [0.3, 0.4) is 0 Å². The second-order valence-electron chi connectivity index (χ2n) is 5.08. The average Bonchev–Trinajstić information content (AvgIpc) is 2.62. The van der Waals surface area contributed by atoms with E-state index in [0.717, 1.165) is 5.56 Å². The van der Waals surface area contributed by atoms with Gasteiger partial charge in [-0.15, -0.1) is 0 Å². The molecule has 0 aliphatic carbocycles. The van der Waals surface area contributed by atoms with Crippen LogP contribution in [-0.4, -0.2) is 31.7 Å². The van der Waals surface area contributed by atoms with E-state index >= 15 is 0 Å². The lowest BCUT2D eigenvalue weighted by atomic mass is 10.1. The Labute approximate surface area is 150 Å². The summed E-state index contributed by atoms with van der Waals surface area (Å²) in [4.78, 5) is 23.3. The molecular formula is C18H18ClN3O3. The maximum Gasteiger partial charge on any atom is 0.329 e. The molecule has 0 fully saturated rings. The molecule has 7 heteroatoms. The fourth-order valence-electron chi connectivity index (χ4n) is 2.02. The van der Waals surface area contributed by atoms with Gasteiger partial charge in [-0.05, 0) is 35.7 Å². The molecule has 0 spiro atoms. The van der Waals surface area contributed by atoms with Crippen LogP contribution in [0.25, 0.3) is 0 Å². The second-order valence-corrected chi connectivity index (χ2v) is 5.49. The molecule has 0 saturated carbocycles. The molecule has 0 bridgehead atoms. The van der Waals surface area contributed by atoms with Crippen LogP contribution in [0.4, 0.5) is 0 Å². The number of rotatable bonds is 6. The Morgan fingerprint density at radius 1 is 1.16 bits per heavy atom. The standard InChI is InChI=1S/C18H18ClN3O3/c1-25-16-8-7-14(11-15(16)19)12-21-22-18(24)17(23)20-10-9-13-5-3-2-4-6-13/h2-8,11-12H,9-10H2,1H3,(H,20,23)(H,22,24)/b21-12-.